The Bertz CT molecular complexity index is 1040. The van der Waals surface area contributed by atoms with Crippen LogP contribution in [0.5, 0.6) is 0 Å². The van der Waals surface area contributed by atoms with Crippen LogP contribution in [0.3, 0.4) is 0 Å². The van der Waals surface area contributed by atoms with Gasteiger partial charge in [-0.3, -0.25) is 4.79 Å². The van der Waals surface area contributed by atoms with E-state index in [9.17, 15) is 4.79 Å². The first kappa shape index (κ1) is 17.5. The van der Waals surface area contributed by atoms with Crippen molar-refractivity contribution in [3.8, 4) is 11.3 Å². The van der Waals surface area contributed by atoms with Crippen LogP contribution in [0.1, 0.15) is 10.5 Å². The first-order chi connectivity index (χ1) is 13.2. The Balaban J connectivity index is 1.47. The number of hydrogen-bond acceptors (Lipinski definition) is 5. The van der Waals surface area contributed by atoms with Crippen LogP contribution in [0.25, 0.3) is 11.3 Å². The van der Waals surface area contributed by atoms with Crippen LogP contribution >= 0.6 is 23.1 Å². The quantitative estimate of drug-likeness (QED) is 0.522. The van der Waals surface area contributed by atoms with Gasteiger partial charge in [0.2, 0.25) is 0 Å². The highest BCUT2D eigenvalue weighted by molar-refractivity contribution is 8.01. The minimum atomic E-state index is -0.135. The molecule has 0 fully saturated rings. The number of hydrogen-bond donors (Lipinski definition) is 1. The van der Waals surface area contributed by atoms with Crippen LogP contribution in [0.2, 0.25) is 0 Å². The molecule has 0 atom stereocenters. The Morgan fingerprint density at radius 2 is 1.81 bits per heavy atom. The monoisotopic (exact) mass is 392 g/mol. The topological polar surface area (TPSA) is 59.8 Å². The van der Waals surface area contributed by atoms with Crippen molar-refractivity contribution < 1.29 is 4.79 Å². The van der Waals surface area contributed by atoms with Gasteiger partial charge in [-0.15, -0.1) is 10.2 Å². The Morgan fingerprint density at radius 1 is 1.04 bits per heavy atom. The van der Waals surface area contributed by atoms with E-state index < -0.39 is 0 Å². The van der Waals surface area contributed by atoms with Gasteiger partial charge in [0.05, 0.1) is 0 Å². The molecule has 0 aliphatic rings. The molecule has 2 aromatic carbocycles. The molecular weight excluding hydrogens is 376 g/mol. The van der Waals surface area contributed by atoms with Crippen LogP contribution in [0.4, 0.5) is 5.69 Å². The first-order valence-corrected chi connectivity index (χ1v) is 9.97. The van der Waals surface area contributed by atoms with Crippen molar-refractivity contribution in [2.24, 2.45) is 7.05 Å². The van der Waals surface area contributed by atoms with E-state index in [2.05, 4.69) is 15.5 Å². The molecule has 2 heterocycles. The zero-order valence-corrected chi connectivity index (χ0v) is 16.1. The van der Waals surface area contributed by atoms with Crippen molar-refractivity contribution >= 4 is 34.7 Å². The number of rotatable bonds is 5. The van der Waals surface area contributed by atoms with Gasteiger partial charge < -0.3 is 9.88 Å². The van der Waals surface area contributed by atoms with Gasteiger partial charge in [0.1, 0.15) is 11.2 Å². The fourth-order valence-corrected chi connectivity index (χ4v) is 4.20. The molecule has 1 amide bonds. The van der Waals surface area contributed by atoms with E-state index in [0.717, 1.165) is 26.2 Å². The Hall–Kier alpha value is -2.90. The van der Waals surface area contributed by atoms with Crippen molar-refractivity contribution in [1.82, 2.24) is 14.8 Å². The molecule has 4 rings (SSSR count). The lowest BCUT2D eigenvalue weighted by Crippen LogP contribution is -2.15. The molecular formula is C20H16N4OS2. The molecule has 0 aliphatic carbocycles. The lowest BCUT2D eigenvalue weighted by molar-refractivity contribution is 0.101. The Labute approximate surface area is 165 Å². The SMILES string of the molecule is Cn1c(C(=O)Nc2ccc(Sc3nncs3)cc2)ccc1-c1ccccc1. The van der Waals surface area contributed by atoms with E-state index in [0.29, 0.717) is 5.69 Å². The van der Waals surface area contributed by atoms with Gasteiger partial charge in [0.25, 0.3) is 5.91 Å². The molecule has 1 N–H and O–H groups in total. The highest BCUT2D eigenvalue weighted by atomic mass is 32.2. The molecule has 134 valence electrons. The predicted octanol–water partition coefficient (Wildman–Crippen LogP) is 4.95. The maximum atomic E-state index is 12.7. The van der Waals surface area contributed by atoms with Crippen LogP contribution < -0.4 is 5.32 Å². The van der Waals surface area contributed by atoms with Gasteiger partial charge in [0.15, 0.2) is 4.34 Å². The second-order valence-corrected chi connectivity index (χ2v) is 7.97. The molecule has 0 saturated heterocycles. The Morgan fingerprint density at radius 3 is 2.52 bits per heavy atom. The third kappa shape index (κ3) is 3.94. The van der Waals surface area contributed by atoms with Crippen LogP contribution in [-0.2, 0) is 7.05 Å². The second kappa shape index (κ2) is 7.77. The number of amides is 1. The fourth-order valence-electron chi connectivity index (χ4n) is 2.75. The summed E-state index contributed by atoms with van der Waals surface area (Å²) in [5.74, 6) is -0.135. The third-order valence-electron chi connectivity index (χ3n) is 4.08. The standard InChI is InChI=1S/C20H16N4OS2/c1-24-17(14-5-3-2-4-6-14)11-12-18(24)19(25)22-15-7-9-16(10-8-15)27-20-23-21-13-26-20/h2-13H,1H3,(H,22,25). The van der Waals surface area contributed by atoms with Crippen LogP contribution in [0.15, 0.2) is 81.5 Å². The molecule has 4 aromatic rings. The molecule has 0 saturated carbocycles. The summed E-state index contributed by atoms with van der Waals surface area (Å²) in [4.78, 5) is 13.7. The van der Waals surface area contributed by atoms with Gasteiger partial charge in [-0.05, 0) is 42.0 Å². The molecule has 2 aromatic heterocycles. The number of benzene rings is 2. The smallest absolute Gasteiger partial charge is 0.272 e. The van der Waals surface area contributed by atoms with E-state index in [4.69, 9.17) is 0 Å². The number of carbonyl (C=O) groups excluding carboxylic acids is 1. The molecule has 0 aliphatic heterocycles. The van der Waals surface area contributed by atoms with E-state index in [-0.39, 0.29) is 5.91 Å². The number of aromatic nitrogens is 3. The summed E-state index contributed by atoms with van der Waals surface area (Å²) in [5, 5.41) is 10.8. The highest BCUT2D eigenvalue weighted by Gasteiger charge is 2.14. The third-order valence-corrected chi connectivity index (χ3v) is 5.87. The summed E-state index contributed by atoms with van der Waals surface area (Å²) in [6.45, 7) is 0. The summed E-state index contributed by atoms with van der Waals surface area (Å²) in [5.41, 5.74) is 5.16. The second-order valence-electron chi connectivity index (χ2n) is 5.81. The van der Waals surface area contributed by atoms with Crippen molar-refractivity contribution in [3.63, 3.8) is 0 Å². The number of anilines is 1. The number of nitrogens with one attached hydrogen (secondary N) is 1. The van der Waals surface area contributed by atoms with Gasteiger partial charge in [-0.1, -0.05) is 53.4 Å². The van der Waals surface area contributed by atoms with Crippen molar-refractivity contribution in [2.75, 3.05) is 5.32 Å². The van der Waals surface area contributed by atoms with E-state index in [1.165, 1.54) is 11.3 Å². The summed E-state index contributed by atoms with van der Waals surface area (Å²) in [6.07, 6.45) is 0. The van der Waals surface area contributed by atoms with E-state index >= 15 is 0 Å². The van der Waals surface area contributed by atoms with E-state index in [1.807, 2.05) is 78.3 Å². The van der Waals surface area contributed by atoms with Crippen molar-refractivity contribution in [2.45, 2.75) is 9.24 Å². The van der Waals surface area contributed by atoms with Crippen molar-refractivity contribution in [3.05, 3.63) is 77.9 Å². The average molecular weight is 393 g/mol. The van der Waals surface area contributed by atoms with Gasteiger partial charge >= 0.3 is 0 Å². The minimum Gasteiger partial charge on any atom is -0.340 e. The molecule has 0 bridgehead atoms. The molecule has 7 heteroatoms. The zero-order chi connectivity index (χ0) is 18.6. The van der Waals surface area contributed by atoms with Gasteiger partial charge in [-0.25, -0.2) is 0 Å². The zero-order valence-electron chi connectivity index (χ0n) is 14.5. The van der Waals surface area contributed by atoms with Gasteiger partial charge in [0, 0.05) is 23.3 Å². The average Bonchev–Trinajstić information content (AvgIpc) is 3.33. The summed E-state index contributed by atoms with van der Waals surface area (Å²) in [7, 11) is 1.90. The van der Waals surface area contributed by atoms with Gasteiger partial charge in [-0.2, -0.15) is 0 Å². The molecule has 0 radical (unpaired) electrons. The van der Waals surface area contributed by atoms with Crippen LogP contribution in [-0.4, -0.2) is 20.7 Å². The number of carbonyl (C=O) groups is 1. The maximum Gasteiger partial charge on any atom is 0.272 e. The van der Waals surface area contributed by atoms with Crippen LogP contribution in [0, 0.1) is 0 Å². The normalized spacial score (nSPS) is 10.7. The largest absolute Gasteiger partial charge is 0.340 e. The number of nitrogens with zero attached hydrogens (tertiary/aromatic N) is 3. The summed E-state index contributed by atoms with van der Waals surface area (Å²) >= 11 is 3.05. The maximum absolute atomic E-state index is 12.7. The Kier molecular flexibility index (Phi) is 5.04. The molecule has 0 unspecified atom stereocenters. The van der Waals surface area contributed by atoms with Crippen molar-refractivity contribution in [1.29, 1.82) is 0 Å². The summed E-state index contributed by atoms with van der Waals surface area (Å²) < 4.78 is 2.80. The predicted molar refractivity (Wildman–Crippen MR) is 109 cm³/mol. The minimum absolute atomic E-state index is 0.135. The summed E-state index contributed by atoms with van der Waals surface area (Å²) in [6, 6.07) is 21.5. The fraction of sp³-hybridized carbons (Fsp3) is 0.0500. The molecule has 5 nitrogen and oxygen atoms in total. The lowest BCUT2D eigenvalue weighted by atomic mass is 10.2. The molecule has 27 heavy (non-hydrogen) atoms. The lowest BCUT2D eigenvalue weighted by Gasteiger charge is -2.09. The first-order valence-electron chi connectivity index (χ1n) is 8.27. The van der Waals surface area contributed by atoms with E-state index in [1.54, 1.807) is 17.3 Å². The highest BCUT2D eigenvalue weighted by Crippen LogP contribution is 2.29. The molecule has 0 spiro atoms.